The molecule has 0 fully saturated rings. The summed E-state index contributed by atoms with van der Waals surface area (Å²) >= 11 is 0. The molecule has 0 heterocycles. The predicted molar refractivity (Wildman–Crippen MR) is 62.2 cm³/mol. The van der Waals surface area contributed by atoms with Gasteiger partial charge in [0.15, 0.2) is 0 Å². The maximum atomic E-state index is 11.6. The van der Waals surface area contributed by atoms with Crippen molar-refractivity contribution in [3.05, 3.63) is 0 Å². The van der Waals surface area contributed by atoms with Crippen molar-refractivity contribution in [3.8, 4) is 6.07 Å². The average Bonchev–Trinajstić information content (AvgIpc) is 2.25. The Bertz CT molecular complexity index is 312. The summed E-state index contributed by atoms with van der Waals surface area (Å²) in [6, 6.07) is 1.97. The van der Waals surface area contributed by atoms with E-state index in [0.29, 0.717) is 19.5 Å². The van der Waals surface area contributed by atoms with Crippen molar-refractivity contribution in [2.24, 2.45) is 5.92 Å². The standard InChI is InChI=1S/C11H19N3O3/c1-9(11(16)17)7-13(2)8-10(15)14(3)6-4-5-12/h9H,4,6-8H2,1-3H3,(H,16,17). The third-order valence-electron chi connectivity index (χ3n) is 2.40. The summed E-state index contributed by atoms with van der Waals surface area (Å²) in [6.07, 6.45) is 0.303. The summed E-state index contributed by atoms with van der Waals surface area (Å²) in [5.74, 6) is -1.49. The zero-order valence-corrected chi connectivity index (χ0v) is 10.5. The molecule has 0 spiro atoms. The third-order valence-corrected chi connectivity index (χ3v) is 2.40. The number of carbonyl (C=O) groups is 2. The summed E-state index contributed by atoms with van der Waals surface area (Å²) in [5, 5.41) is 17.1. The number of likely N-dealkylation sites (N-methyl/N-ethyl adjacent to an activating group) is 2. The van der Waals surface area contributed by atoms with Crippen LogP contribution < -0.4 is 0 Å². The van der Waals surface area contributed by atoms with Crippen molar-refractivity contribution in [2.75, 3.05) is 33.7 Å². The minimum absolute atomic E-state index is 0.111. The molecule has 1 amide bonds. The second kappa shape index (κ2) is 7.63. The van der Waals surface area contributed by atoms with Gasteiger partial charge in [-0.15, -0.1) is 0 Å². The van der Waals surface area contributed by atoms with Crippen LogP contribution >= 0.6 is 0 Å². The van der Waals surface area contributed by atoms with Crippen molar-refractivity contribution in [2.45, 2.75) is 13.3 Å². The minimum Gasteiger partial charge on any atom is -0.481 e. The van der Waals surface area contributed by atoms with E-state index in [-0.39, 0.29) is 12.5 Å². The number of hydrogen-bond donors (Lipinski definition) is 1. The van der Waals surface area contributed by atoms with E-state index >= 15 is 0 Å². The molecule has 1 atom stereocenters. The Morgan fingerprint density at radius 3 is 2.47 bits per heavy atom. The van der Waals surface area contributed by atoms with Crippen molar-refractivity contribution in [1.82, 2.24) is 9.80 Å². The van der Waals surface area contributed by atoms with Crippen LogP contribution in [0.25, 0.3) is 0 Å². The van der Waals surface area contributed by atoms with Gasteiger partial charge in [-0.1, -0.05) is 6.92 Å². The van der Waals surface area contributed by atoms with Gasteiger partial charge in [0, 0.05) is 20.1 Å². The van der Waals surface area contributed by atoms with Gasteiger partial charge < -0.3 is 10.0 Å². The number of carbonyl (C=O) groups excluding carboxylic acids is 1. The van der Waals surface area contributed by atoms with Crippen molar-refractivity contribution in [1.29, 1.82) is 5.26 Å². The van der Waals surface area contributed by atoms with Gasteiger partial charge in [0.1, 0.15) is 0 Å². The van der Waals surface area contributed by atoms with Crippen LogP contribution in [0.1, 0.15) is 13.3 Å². The van der Waals surface area contributed by atoms with Crippen LogP contribution in [-0.4, -0.2) is 60.5 Å². The molecule has 0 saturated carbocycles. The number of amides is 1. The Hall–Kier alpha value is -1.61. The smallest absolute Gasteiger partial charge is 0.307 e. The fourth-order valence-electron chi connectivity index (χ4n) is 1.30. The summed E-state index contributed by atoms with van der Waals surface area (Å²) in [4.78, 5) is 25.4. The van der Waals surface area contributed by atoms with Gasteiger partial charge in [0.05, 0.1) is 25.0 Å². The predicted octanol–water partition coefficient (Wildman–Crippen LogP) is 0.0110. The number of rotatable bonds is 7. The molecule has 0 aliphatic rings. The molecule has 0 rings (SSSR count). The molecule has 0 aliphatic heterocycles. The molecule has 1 N–H and O–H groups in total. The minimum atomic E-state index is -0.873. The number of aliphatic carboxylic acids is 1. The molecule has 17 heavy (non-hydrogen) atoms. The van der Waals surface area contributed by atoms with Gasteiger partial charge in [-0.25, -0.2) is 0 Å². The summed E-state index contributed by atoms with van der Waals surface area (Å²) < 4.78 is 0. The summed E-state index contributed by atoms with van der Waals surface area (Å²) in [7, 11) is 3.34. The number of carboxylic acids is 1. The summed E-state index contributed by atoms with van der Waals surface area (Å²) in [6.45, 7) is 2.49. The highest BCUT2D eigenvalue weighted by Gasteiger charge is 2.16. The topological polar surface area (TPSA) is 84.6 Å². The fraction of sp³-hybridized carbons (Fsp3) is 0.727. The summed E-state index contributed by atoms with van der Waals surface area (Å²) in [5.41, 5.74) is 0. The normalized spacial score (nSPS) is 11.9. The van der Waals surface area contributed by atoms with E-state index in [2.05, 4.69) is 0 Å². The fourth-order valence-corrected chi connectivity index (χ4v) is 1.30. The highest BCUT2D eigenvalue weighted by molar-refractivity contribution is 5.78. The molecule has 0 bridgehead atoms. The maximum Gasteiger partial charge on any atom is 0.307 e. The number of hydrogen-bond acceptors (Lipinski definition) is 4. The number of nitrogens with zero attached hydrogens (tertiary/aromatic N) is 3. The first-order chi connectivity index (χ1) is 7.88. The van der Waals surface area contributed by atoms with E-state index in [1.807, 2.05) is 6.07 Å². The van der Waals surface area contributed by atoms with Crippen molar-refractivity contribution in [3.63, 3.8) is 0 Å². The number of carboxylic acid groups (broad SMARTS) is 1. The molecule has 1 unspecified atom stereocenters. The lowest BCUT2D eigenvalue weighted by atomic mass is 10.2. The molecule has 0 aromatic heterocycles. The van der Waals surface area contributed by atoms with Gasteiger partial charge in [-0.2, -0.15) is 5.26 Å². The third kappa shape index (κ3) is 6.53. The highest BCUT2D eigenvalue weighted by Crippen LogP contribution is 1.99. The van der Waals surface area contributed by atoms with E-state index in [1.165, 1.54) is 4.90 Å². The zero-order valence-electron chi connectivity index (χ0n) is 10.5. The van der Waals surface area contributed by atoms with Gasteiger partial charge in [0.2, 0.25) is 5.91 Å². The first-order valence-corrected chi connectivity index (χ1v) is 5.40. The van der Waals surface area contributed by atoms with E-state index in [0.717, 1.165) is 0 Å². The second-order valence-corrected chi connectivity index (χ2v) is 4.16. The molecule has 0 aliphatic carbocycles. The van der Waals surface area contributed by atoms with E-state index in [9.17, 15) is 9.59 Å². The Balaban J connectivity index is 4.03. The Morgan fingerprint density at radius 1 is 1.41 bits per heavy atom. The van der Waals surface area contributed by atoms with Crippen LogP contribution in [-0.2, 0) is 9.59 Å². The Labute approximate surface area is 101 Å². The first kappa shape index (κ1) is 15.4. The molecular weight excluding hydrogens is 222 g/mol. The van der Waals surface area contributed by atoms with E-state index in [4.69, 9.17) is 10.4 Å². The van der Waals surface area contributed by atoms with Gasteiger partial charge in [-0.05, 0) is 7.05 Å². The van der Waals surface area contributed by atoms with Crippen molar-refractivity contribution >= 4 is 11.9 Å². The Morgan fingerprint density at radius 2 is 2.00 bits per heavy atom. The van der Waals surface area contributed by atoms with Crippen molar-refractivity contribution < 1.29 is 14.7 Å². The molecule has 0 aromatic carbocycles. The monoisotopic (exact) mass is 241 g/mol. The molecule has 0 radical (unpaired) electrons. The number of nitriles is 1. The quantitative estimate of drug-likeness (QED) is 0.678. The SMILES string of the molecule is CC(CN(C)CC(=O)N(C)CCC#N)C(=O)O. The first-order valence-electron chi connectivity index (χ1n) is 5.40. The zero-order chi connectivity index (χ0) is 13.4. The Kier molecular flexibility index (Phi) is 6.91. The lowest BCUT2D eigenvalue weighted by Gasteiger charge is -2.22. The van der Waals surface area contributed by atoms with Gasteiger partial charge >= 0.3 is 5.97 Å². The van der Waals surface area contributed by atoms with Crippen LogP contribution in [0.4, 0.5) is 0 Å². The lowest BCUT2D eigenvalue weighted by Crippen LogP contribution is -2.39. The molecule has 0 saturated heterocycles. The molecule has 6 nitrogen and oxygen atoms in total. The van der Waals surface area contributed by atoms with E-state index < -0.39 is 11.9 Å². The molecule has 96 valence electrons. The maximum absolute atomic E-state index is 11.6. The molecule has 0 aromatic rings. The van der Waals surface area contributed by atoms with Crippen LogP contribution in [0.5, 0.6) is 0 Å². The van der Waals surface area contributed by atoms with Gasteiger partial charge in [-0.3, -0.25) is 14.5 Å². The van der Waals surface area contributed by atoms with Gasteiger partial charge in [0.25, 0.3) is 0 Å². The lowest BCUT2D eigenvalue weighted by molar-refractivity contribution is -0.142. The average molecular weight is 241 g/mol. The molecule has 6 heteroatoms. The highest BCUT2D eigenvalue weighted by atomic mass is 16.4. The van der Waals surface area contributed by atoms with Crippen LogP contribution in [0, 0.1) is 17.2 Å². The molecular formula is C11H19N3O3. The van der Waals surface area contributed by atoms with E-state index in [1.54, 1.807) is 25.9 Å². The van der Waals surface area contributed by atoms with Crippen LogP contribution in [0.15, 0.2) is 0 Å². The van der Waals surface area contributed by atoms with Crippen LogP contribution in [0.3, 0.4) is 0 Å². The second-order valence-electron chi connectivity index (χ2n) is 4.16. The van der Waals surface area contributed by atoms with Crippen LogP contribution in [0.2, 0.25) is 0 Å². The largest absolute Gasteiger partial charge is 0.481 e.